The Kier molecular flexibility index (Phi) is 3.07. The third-order valence-electron chi connectivity index (χ3n) is 4.95. The van der Waals surface area contributed by atoms with Crippen LogP contribution < -0.4 is 0 Å². The zero-order chi connectivity index (χ0) is 18.5. The Morgan fingerprint density at radius 3 is 1.25 bits per heavy atom. The second-order valence-electron chi connectivity index (χ2n) is 6.59. The summed E-state index contributed by atoms with van der Waals surface area (Å²) >= 11 is 0. The average molecular weight is 362 g/mol. The summed E-state index contributed by atoms with van der Waals surface area (Å²) in [5.74, 6) is 1.58. The van der Waals surface area contributed by atoms with Crippen LogP contribution in [-0.2, 0) is 0 Å². The first kappa shape index (κ1) is 15.0. The van der Waals surface area contributed by atoms with Crippen LogP contribution in [0.3, 0.4) is 0 Å². The molecule has 6 rings (SSSR count). The quantitative estimate of drug-likeness (QED) is 0.462. The molecule has 0 spiro atoms. The van der Waals surface area contributed by atoms with Gasteiger partial charge in [-0.2, -0.15) is 0 Å². The Morgan fingerprint density at radius 2 is 0.821 bits per heavy atom. The Bertz CT molecular complexity index is 1340. The average Bonchev–Trinajstić information content (AvgIpc) is 3.40. The van der Waals surface area contributed by atoms with E-state index in [0.29, 0.717) is 11.3 Å². The summed E-state index contributed by atoms with van der Waals surface area (Å²) in [7, 11) is 0. The van der Waals surface area contributed by atoms with Gasteiger partial charge in [-0.1, -0.05) is 72.8 Å². The highest BCUT2D eigenvalue weighted by Gasteiger charge is 2.19. The van der Waals surface area contributed by atoms with Gasteiger partial charge in [-0.3, -0.25) is 8.80 Å². The first-order chi connectivity index (χ1) is 13.9. The van der Waals surface area contributed by atoms with Crippen LogP contribution in [0.25, 0.3) is 45.1 Å². The van der Waals surface area contributed by atoms with Crippen LogP contribution in [0.5, 0.6) is 0 Å². The van der Waals surface area contributed by atoms with Gasteiger partial charge in [-0.25, -0.2) is 0 Å². The molecule has 0 atom stereocenters. The van der Waals surface area contributed by atoms with Crippen molar-refractivity contribution >= 4 is 22.3 Å². The Hall–Kier alpha value is -4.06. The van der Waals surface area contributed by atoms with Crippen molar-refractivity contribution in [3.8, 4) is 22.8 Å². The van der Waals surface area contributed by atoms with Crippen molar-refractivity contribution in [1.82, 2.24) is 29.2 Å². The number of para-hydroxylation sites is 2. The molecule has 3 aromatic heterocycles. The van der Waals surface area contributed by atoms with Gasteiger partial charge in [0.25, 0.3) is 0 Å². The second kappa shape index (κ2) is 5.72. The van der Waals surface area contributed by atoms with Gasteiger partial charge in [-0.05, 0) is 12.1 Å². The zero-order valence-corrected chi connectivity index (χ0v) is 14.8. The van der Waals surface area contributed by atoms with E-state index >= 15 is 0 Å². The molecule has 0 unspecified atom stereocenters. The second-order valence-corrected chi connectivity index (χ2v) is 6.59. The van der Waals surface area contributed by atoms with Crippen molar-refractivity contribution in [2.45, 2.75) is 0 Å². The molecule has 6 nitrogen and oxygen atoms in total. The SMILES string of the molecule is c1ccc(-c2nnc3c4nnc(-c5ccccc5)n4c4ccccc4n23)cc1. The summed E-state index contributed by atoms with van der Waals surface area (Å²) in [6.07, 6.45) is 0. The molecule has 0 saturated carbocycles. The monoisotopic (exact) mass is 362 g/mol. The minimum Gasteiger partial charge on any atom is -0.270 e. The van der Waals surface area contributed by atoms with E-state index < -0.39 is 0 Å². The lowest BCUT2D eigenvalue weighted by atomic mass is 10.2. The molecule has 6 heteroatoms. The fourth-order valence-corrected chi connectivity index (χ4v) is 3.71. The van der Waals surface area contributed by atoms with Crippen LogP contribution >= 0.6 is 0 Å². The maximum atomic E-state index is 4.48. The molecule has 0 N–H and O–H groups in total. The smallest absolute Gasteiger partial charge is 0.207 e. The van der Waals surface area contributed by atoms with Crippen LogP contribution in [-0.4, -0.2) is 29.2 Å². The summed E-state index contributed by atoms with van der Waals surface area (Å²) in [5.41, 5.74) is 5.40. The van der Waals surface area contributed by atoms with Gasteiger partial charge in [0.15, 0.2) is 11.6 Å². The van der Waals surface area contributed by atoms with E-state index in [1.807, 2.05) is 72.8 Å². The van der Waals surface area contributed by atoms with Crippen molar-refractivity contribution in [3.05, 3.63) is 84.9 Å². The minimum absolute atomic E-state index is 0.687. The standard InChI is InChI=1S/C22H14N6/c1-3-9-15(10-4-1)19-23-25-21-22-26-24-20(16-11-5-2-6-12-16)28(22)18-14-8-7-13-17(18)27(19)21/h1-14H. The molecule has 0 aliphatic carbocycles. The molecule has 3 aromatic carbocycles. The maximum absolute atomic E-state index is 4.48. The Balaban J connectivity index is 1.80. The Labute approximate surface area is 159 Å². The Morgan fingerprint density at radius 1 is 0.429 bits per heavy atom. The van der Waals surface area contributed by atoms with Gasteiger partial charge in [0, 0.05) is 11.1 Å². The predicted molar refractivity (Wildman–Crippen MR) is 108 cm³/mol. The van der Waals surface area contributed by atoms with Gasteiger partial charge in [-0.15, -0.1) is 20.4 Å². The van der Waals surface area contributed by atoms with Crippen molar-refractivity contribution < 1.29 is 0 Å². The molecule has 0 bridgehead atoms. The van der Waals surface area contributed by atoms with Gasteiger partial charge in [0.1, 0.15) is 0 Å². The molecule has 0 fully saturated rings. The summed E-state index contributed by atoms with van der Waals surface area (Å²) in [6, 6.07) is 28.3. The molecular weight excluding hydrogens is 348 g/mol. The van der Waals surface area contributed by atoms with Gasteiger partial charge >= 0.3 is 0 Å². The number of benzene rings is 3. The van der Waals surface area contributed by atoms with Crippen LogP contribution in [0.15, 0.2) is 84.9 Å². The van der Waals surface area contributed by atoms with Gasteiger partial charge < -0.3 is 0 Å². The molecule has 0 amide bonds. The lowest BCUT2D eigenvalue weighted by Crippen LogP contribution is -2.00. The molecule has 3 heterocycles. The number of hydrogen-bond acceptors (Lipinski definition) is 4. The molecule has 6 aromatic rings. The number of fused-ring (bicyclic) bond motifs is 6. The molecule has 132 valence electrons. The van der Waals surface area contributed by atoms with E-state index in [-0.39, 0.29) is 0 Å². The first-order valence-corrected chi connectivity index (χ1v) is 9.03. The molecule has 0 aliphatic heterocycles. The fourth-order valence-electron chi connectivity index (χ4n) is 3.71. The number of nitrogens with zero attached hydrogens (tertiary/aromatic N) is 6. The minimum atomic E-state index is 0.687. The largest absolute Gasteiger partial charge is 0.270 e. The predicted octanol–water partition coefficient (Wildman–Crippen LogP) is 4.26. The molecule has 0 saturated heterocycles. The number of hydrogen-bond donors (Lipinski definition) is 0. The van der Waals surface area contributed by atoms with E-state index in [1.54, 1.807) is 0 Å². The third-order valence-corrected chi connectivity index (χ3v) is 4.95. The summed E-state index contributed by atoms with van der Waals surface area (Å²) < 4.78 is 4.12. The fraction of sp³-hybridized carbons (Fsp3) is 0. The van der Waals surface area contributed by atoms with Crippen LogP contribution in [0, 0.1) is 0 Å². The van der Waals surface area contributed by atoms with Crippen molar-refractivity contribution in [2.75, 3.05) is 0 Å². The van der Waals surface area contributed by atoms with Crippen molar-refractivity contribution in [3.63, 3.8) is 0 Å². The van der Waals surface area contributed by atoms with E-state index in [0.717, 1.165) is 33.8 Å². The zero-order valence-electron chi connectivity index (χ0n) is 14.8. The lowest BCUT2D eigenvalue weighted by Gasteiger charge is -2.09. The highest BCUT2D eigenvalue weighted by atomic mass is 15.3. The third kappa shape index (κ3) is 2.02. The summed E-state index contributed by atoms with van der Waals surface area (Å²) in [6.45, 7) is 0. The van der Waals surface area contributed by atoms with Gasteiger partial charge in [0.2, 0.25) is 11.3 Å². The number of rotatable bonds is 2. The normalized spacial score (nSPS) is 11.6. The van der Waals surface area contributed by atoms with Crippen LogP contribution in [0.4, 0.5) is 0 Å². The van der Waals surface area contributed by atoms with E-state index in [9.17, 15) is 0 Å². The van der Waals surface area contributed by atoms with Gasteiger partial charge in [0.05, 0.1) is 11.0 Å². The van der Waals surface area contributed by atoms with E-state index in [1.165, 1.54) is 0 Å². The van der Waals surface area contributed by atoms with Crippen molar-refractivity contribution in [1.29, 1.82) is 0 Å². The van der Waals surface area contributed by atoms with E-state index in [2.05, 4.69) is 41.3 Å². The van der Waals surface area contributed by atoms with Crippen LogP contribution in [0.1, 0.15) is 0 Å². The molecule has 0 radical (unpaired) electrons. The van der Waals surface area contributed by atoms with Crippen molar-refractivity contribution in [2.24, 2.45) is 0 Å². The maximum Gasteiger partial charge on any atom is 0.207 e. The molecule has 28 heavy (non-hydrogen) atoms. The summed E-state index contributed by atoms with van der Waals surface area (Å²) in [4.78, 5) is 0. The van der Waals surface area contributed by atoms with E-state index in [4.69, 9.17) is 0 Å². The lowest BCUT2D eigenvalue weighted by molar-refractivity contribution is 1.10. The first-order valence-electron chi connectivity index (χ1n) is 9.03. The highest BCUT2D eigenvalue weighted by molar-refractivity contribution is 5.89. The van der Waals surface area contributed by atoms with Crippen LogP contribution in [0.2, 0.25) is 0 Å². The number of aromatic nitrogens is 6. The molecule has 0 aliphatic rings. The topological polar surface area (TPSA) is 60.4 Å². The highest BCUT2D eigenvalue weighted by Crippen LogP contribution is 2.29. The molecular formula is C22H14N6. The summed E-state index contributed by atoms with van der Waals surface area (Å²) in [5, 5.41) is 17.9.